The van der Waals surface area contributed by atoms with Gasteiger partial charge in [-0.25, -0.2) is 14.8 Å². The number of nitrogens with one attached hydrogen (secondary N) is 1. The summed E-state index contributed by atoms with van der Waals surface area (Å²) in [6.07, 6.45) is 2.05. The van der Waals surface area contributed by atoms with Gasteiger partial charge in [0.15, 0.2) is 5.69 Å². The second kappa shape index (κ2) is 6.72. The van der Waals surface area contributed by atoms with Crippen LogP contribution in [0.3, 0.4) is 0 Å². The number of esters is 1. The summed E-state index contributed by atoms with van der Waals surface area (Å²) in [6, 6.07) is 7.48. The molecule has 1 heterocycles. The molecule has 3 rings (SSSR count). The Morgan fingerprint density at radius 2 is 2.13 bits per heavy atom. The molecule has 1 fully saturated rings. The molecule has 0 unspecified atom stereocenters. The van der Waals surface area contributed by atoms with Gasteiger partial charge in [-0.15, -0.1) is 0 Å². The number of hydrogen-bond donors (Lipinski definition) is 1. The van der Waals surface area contributed by atoms with E-state index in [1.54, 1.807) is 0 Å². The number of anilines is 1. The zero-order valence-electron chi connectivity index (χ0n) is 12.5. The fraction of sp³-hybridized carbons (Fsp3) is 0.312. The molecule has 1 N–H and O–H groups in total. The normalized spacial score (nSPS) is 13.7. The summed E-state index contributed by atoms with van der Waals surface area (Å²) in [6.45, 7) is 0.488. The number of ether oxygens (including phenoxy) is 1. The highest BCUT2D eigenvalue weighted by Gasteiger charge is 2.30. The van der Waals surface area contributed by atoms with Crippen molar-refractivity contribution in [1.29, 1.82) is 0 Å². The lowest BCUT2D eigenvalue weighted by Gasteiger charge is -2.12. The average molecular weight is 352 g/mol. The Labute approximate surface area is 144 Å². The largest absolute Gasteiger partial charge is 0.464 e. The first-order chi connectivity index (χ1) is 11.1. The van der Waals surface area contributed by atoms with Crippen molar-refractivity contribution in [1.82, 2.24) is 9.97 Å². The van der Waals surface area contributed by atoms with Gasteiger partial charge in [0.2, 0.25) is 0 Å². The Morgan fingerprint density at radius 3 is 2.78 bits per heavy atom. The monoisotopic (exact) mass is 351 g/mol. The van der Waals surface area contributed by atoms with Gasteiger partial charge in [0.1, 0.15) is 16.7 Å². The molecule has 1 saturated carbocycles. The lowest BCUT2D eigenvalue weighted by Crippen LogP contribution is -2.12. The molecule has 0 saturated heterocycles. The van der Waals surface area contributed by atoms with Crippen LogP contribution in [0.25, 0.3) is 0 Å². The van der Waals surface area contributed by atoms with Crippen LogP contribution in [0, 0.1) is 0 Å². The standard InChI is InChI=1S/C16H15Cl2N3O2/c1-23-16(22)13-12(18)15(21-14(20-13)10-5-6-10)19-8-9-3-2-4-11(17)7-9/h2-4,7,10H,5-6,8H2,1H3,(H,19,20,21). The summed E-state index contributed by atoms with van der Waals surface area (Å²) in [7, 11) is 1.30. The molecule has 23 heavy (non-hydrogen) atoms. The van der Waals surface area contributed by atoms with Crippen LogP contribution in [0.4, 0.5) is 5.82 Å². The molecule has 0 atom stereocenters. The lowest BCUT2D eigenvalue weighted by molar-refractivity contribution is 0.0593. The van der Waals surface area contributed by atoms with Crippen molar-refractivity contribution < 1.29 is 9.53 Å². The zero-order chi connectivity index (χ0) is 16.4. The number of aromatic nitrogens is 2. The molecule has 0 radical (unpaired) electrons. The van der Waals surface area contributed by atoms with E-state index >= 15 is 0 Å². The van der Waals surface area contributed by atoms with Gasteiger partial charge in [0, 0.05) is 17.5 Å². The summed E-state index contributed by atoms with van der Waals surface area (Å²) in [5, 5.41) is 3.98. The van der Waals surface area contributed by atoms with Crippen molar-refractivity contribution in [2.45, 2.75) is 25.3 Å². The van der Waals surface area contributed by atoms with E-state index in [1.807, 2.05) is 24.3 Å². The van der Waals surface area contributed by atoms with E-state index in [9.17, 15) is 4.79 Å². The Hall–Kier alpha value is -1.85. The smallest absolute Gasteiger partial charge is 0.358 e. The molecule has 1 aromatic carbocycles. The van der Waals surface area contributed by atoms with Gasteiger partial charge in [-0.05, 0) is 30.5 Å². The summed E-state index contributed by atoms with van der Waals surface area (Å²) in [5.74, 6) is 0.792. The molecule has 7 heteroatoms. The lowest BCUT2D eigenvalue weighted by atomic mass is 10.2. The molecule has 1 aromatic heterocycles. The maximum Gasteiger partial charge on any atom is 0.358 e. The molecule has 5 nitrogen and oxygen atoms in total. The van der Waals surface area contributed by atoms with Crippen molar-refractivity contribution in [3.05, 3.63) is 51.4 Å². The predicted octanol–water partition coefficient (Wildman–Crippen LogP) is 4.06. The summed E-state index contributed by atoms with van der Waals surface area (Å²) < 4.78 is 4.75. The third-order valence-corrected chi connectivity index (χ3v) is 4.13. The molecular weight excluding hydrogens is 337 g/mol. The van der Waals surface area contributed by atoms with E-state index in [0.29, 0.717) is 29.1 Å². The fourth-order valence-electron chi connectivity index (χ4n) is 2.17. The fourth-order valence-corrected chi connectivity index (χ4v) is 2.61. The van der Waals surface area contributed by atoms with E-state index in [-0.39, 0.29) is 10.7 Å². The molecule has 1 aliphatic rings. The molecule has 0 spiro atoms. The van der Waals surface area contributed by atoms with Gasteiger partial charge in [0.25, 0.3) is 0 Å². The van der Waals surface area contributed by atoms with Crippen LogP contribution >= 0.6 is 23.2 Å². The minimum atomic E-state index is -0.565. The van der Waals surface area contributed by atoms with Crippen LogP contribution in [-0.4, -0.2) is 23.0 Å². The first-order valence-electron chi connectivity index (χ1n) is 7.22. The van der Waals surface area contributed by atoms with E-state index < -0.39 is 5.97 Å². The van der Waals surface area contributed by atoms with E-state index in [4.69, 9.17) is 27.9 Å². The Balaban J connectivity index is 1.88. The van der Waals surface area contributed by atoms with Gasteiger partial charge >= 0.3 is 5.97 Å². The minimum absolute atomic E-state index is 0.0969. The minimum Gasteiger partial charge on any atom is -0.464 e. The Bertz CT molecular complexity index is 748. The molecular formula is C16H15Cl2N3O2. The number of benzene rings is 1. The summed E-state index contributed by atoms with van der Waals surface area (Å²) in [4.78, 5) is 20.6. The molecule has 0 amide bonds. The third-order valence-electron chi connectivity index (χ3n) is 3.54. The number of methoxy groups -OCH3 is 1. The van der Waals surface area contributed by atoms with Crippen molar-refractivity contribution >= 4 is 35.0 Å². The quantitative estimate of drug-likeness (QED) is 0.822. The molecule has 0 bridgehead atoms. The Morgan fingerprint density at radius 1 is 1.35 bits per heavy atom. The molecule has 0 aliphatic heterocycles. The number of halogens is 2. The molecule has 120 valence electrons. The number of carbonyl (C=O) groups is 1. The average Bonchev–Trinajstić information content (AvgIpc) is 3.38. The van der Waals surface area contributed by atoms with Crippen molar-refractivity contribution in [3.63, 3.8) is 0 Å². The van der Waals surface area contributed by atoms with E-state index in [2.05, 4.69) is 15.3 Å². The van der Waals surface area contributed by atoms with Crippen LogP contribution in [0.1, 0.15) is 40.6 Å². The number of carbonyl (C=O) groups excluding carboxylic acids is 1. The van der Waals surface area contributed by atoms with Crippen molar-refractivity contribution in [2.24, 2.45) is 0 Å². The number of hydrogen-bond acceptors (Lipinski definition) is 5. The van der Waals surface area contributed by atoms with E-state index in [1.165, 1.54) is 7.11 Å². The SMILES string of the molecule is COC(=O)c1nc(C2CC2)nc(NCc2cccc(Cl)c2)c1Cl. The van der Waals surface area contributed by atoms with Gasteiger partial charge in [0.05, 0.1) is 7.11 Å². The highest BCUT2D eigenvalue weighted by molar-refractivity contribution is 6.35. The van der Waals surface area contributed by atoms with E-state index in [0.717, 1.165) is 18.4 Å². The molecule has 2 aromatic rings. The summed E-state index contributed by atoms with van der Waals surface area (Å²) >= 11 is 12.2. The second-order valence-electron chi connectivity index (χ2n) is 5.34. The Kier molecular flexibility index (Phi) is 4.68. The van der Waals surface area contributed by atoms with Crippen molar-refractivity contribution in [2.75, 3.05) is 12.4 Å². The van der Waals surface area contributed by atoms with Gasteiger partial charge in [-0.2, -0.15) is 0 Å². The van der Waals surface area contributed by atoms with Crippen molar-refractivity contribution in [3.8, 4) is 0 Å². The van der Waals surface area contributed by atoms with Crippen LogP contribution in [-0.2, 0) is 11.3 Å². The first-order valence-corrected chi connectivity index (χ1v) is 7.98. The molecule has 1 aliphatic carbocycles. The highest BCUT2D eigenvalue weighted by Crippen LogP contribution is 2.39. The maximum atomic E-state index is 11.9. The predicted molar refractivity (Wildman–Crippen MR) is 89.1 cm³/mol. The third kappa shape index (κ3) is 3.74. The van der Waals surface area contributed by atoms with Crippen LogP contribution in [0.15, 0.2) is 24.3 Å². The zero-order valence-corrected chi connectivity index (χ0v) is 14.0. The first kappa shape index (κ1) is 16.0. The number of nitrogens with zero attached hydrogens (tertiary/aromatic N) is 2. The van der Waals surface area contributed by atoms with Gasteiger partial charge < -0.3 is 10.1 Å². The second-order valence-corrected chi connectivity index (χ2v) is 6.16. The van der Waals surface area contributed by atoms with Crippen LogP contribution in [0.5, 0.6) is 0 Å². The summed E-state index contributed by atoms with van der Waals surface area (Å²) in [5.41, 5.74) is 1.08. The van der Waals surface area contributed by atoms with Crippen LogP contribution < -0.4 is 5.32 Å². The maximum absolute atomic E-state index is 11.9. The van der Waals surface area contributed by atoms with Crippen LogP contribution in [0.2, 0.25) is 10.0 Å². The number of rotatable bonds is 5. The topological polar surface area (TPSA) is 64.1 Å². The van der Waals surface area contributed by atoms with Gasteiger partial charge in [-0.1, -0.05) is 35.3 Å². The van der Waals surface area contributed by atoms with Gasteiger partial charge in [-0.3, -0.25) is 0 Å². The highest BCUT2D eigenvalue weighted by atomic mass is 35.5.